The van der Waals surface area contributed by atoms with E-state index in [1.165, 1.54) is 0 Å². The Balaban J connectivity index is 2.18. The topological polar surface area (TPSA) is 23.6 Å². The predicted octanol–water partition coefficient (Wildman–Crippen LogP) is 3.83. The van der Waals surface area contributed by atoms with E-state index in [2.05, 4.69) is 24.3 Å². The molecule has 1 saturated heterocycles. The summed E-state index contributed by atoms with van der Waals surface area (Å²) in [5.74, 6) is 0. The first kappa shape index (κ1) is 14.4. The molecule has 3 rings (SSSR count). The highest BCUT2D eigenvalue weighted by molar-refractivity contribution is 5.87. The van der Waals surface area contributed by atoms with Crippen LogP contribution in [0.25, 0.3) is 5.57 Å². The molecule has 0 unspecified atom stereocenters. The molecule has 1 aliphatic heterocycles. The minimum Gasteiger partial charge on any atom is -0.327 e. The fraction of sp³-hybridized carbons (Fsp3) is 0.211. The second kappa shape index (κ2) is 6.06. The highest BCUT2D eigenvalue weighted by atomic mass is 16.2. The minimum absolute atomic E-state index is 0.0469. The van der Waals surface area contributed by atoms with E-state index in [1.54, 1.807) is 9.80 Å². The fourth-order valence-corrected chi connectivity index (χ4v) is 2.91. The van der Waals surface area contributed by atoms with E-state index in [0.717, 1.165) is 35.4 Å². The molecule has 0 radical (unpaired) electrons. The van der Waals surface area contributed by atoms with Crippen molar-refractivity contribution in [1.29, 1.82) is 0 Å². The van der Waals surface area contributed by atoms with E-state index in [-0.39, 0.29) is 6.03 Å². The standard InChI is InChI=1S/C19H20N2O/c1-20-14-13-17(21(2)19(20)22)18(15-9-5-3-6-10-15)16-11-7-4-8-12-16/h3-12H,13-14H2,1-2H3. The van der Waals surface area contributed by atoms with E-state index < -0.39 is 0 Å². The largest absolute Gasteiger partial charge is 0.327 e. The Bertz CT molecular complexity index is 650. The summed E-state index contributed by atoms with van der Waals surface area (Å²) in [6.45, 7) is 0.752. The minimum atomic E-state index is 0.0469. The van der Waals surface area contributed by atoms with Crippen LogP contribution in [0, 0.1) is 0 Å². The molecule has 0 aliphatic carbocycles. The number of hydrogen-bond acceptors (Lipinski definition) is 1. The number of benzene rings is 2. The summed E-state index contributed by atoms with van der Waals surface area (Å²) in [6.07, 6.45) is 0.859. The maximum atomic E-state index is 12.3. The van der Waals surface area contributed by atoms with Gasteiger partial charge in [0.25, 0.3) is 0 Å². The number of hydrogen-bond donors (Lipinski definition) is 0. The van der Waals surface area contributed by atoms with Gasteiger partial charge in [-0.05, 0) is 11.1 Å². The van der Waals surface area contributed by atoms with Crippen molar-refractivity contribution in [3.63, 3.8) is 0 Å². The number of rotatable bonds is 2. The van der Waals surface area contributed by atoms with Crippen molar-refractivity contribution < 1.29 is 4.79 Å². The highest BCUT2D eigenvalue weighted by Crippen LogP contribution is 2.32. The summed E-state index contributed by atoms with van der Waals surface area (Å²) in [7, 11) is 3.71. The molecular formula is C19H20N2O. The van der Waals surface area contributed by atoms with Gasteiger partial charge in [0, 0.05) is 38.3 Å². The zero-order valence-electron chi connectivity index (χ0n) is 13.0. The molecule has 3 nitrogen and oxygen atoms in total. The van der Waals surface area contributed by atoms with Gasteiger partial charge in [-0.1, -0.05) is 60.7 Å². The molecule has 0 aromatic heterocycles. The summed E-state index contributed by atoms with van der Waals surface area (Å²) in [6, 6.07) is 20.6. The summed E-state index contributed by atoms with van der Waals surface area (Å²) in [5.41, 5.74) is 4.52. The van der Waals surface area contributed by atoms with Crippen molar-refractivity contribution in [1.82, 2.24) is 9.80 Å². The normalized spacial score (nSPS) is 15.2. The van der Waals surface area contributed by atoms with Crippen LogP contribution in [0.15, 0.2) is 66.4 Å². The molecule has 0 spiro atoms. The van der Waals surface area contributed by atoms with Crippen LogP contribution >= 0.6 is 0 Å². The Morgan fingerprint density at radius 3 is 1.86 bits per heavy atom. The number of nitrogens with zero attached hydrogens (tertiary/aromatic N) is 2. The van der Waals surface area contributed by atoms with Crippen LogP contribution in [-0.2, 0) is 0 Å². The Labute approximate surface area is 131 Å². The van der Waals surface area contributed by atoms with Crippen LogP contribution in [0.5, 0.6) is 0 Å². The molecule has 0 saturated carbocycles. The van der Waals surface area contributed by atoms with Gasteiger partial charge in [0.15, 0.2) is 0 Å². The average Bonchev–Trinajstić information content (AvgIpc) is 2.57. The van der Waals surface area contributed by atoms with Gasteiger partial charge in [-0.3, -0.25) is 0 Å². The van der Waals surface area contributed by atoms with Gasteiger partial charge in [-0.2, -0.15) is 0 Å². The maximum Gasteiger partial charge on any atom is 0.323 e. The van der Waals surface area contributed by atoms with Crippen LogP contribution in [0.1, 0.15) is 17.5 Å². The number of carbonyl (C=O) groups is 1. The summed E-state index contributed by atoms with van der Waals surface area (Å²) < 4.78 is 0. The molecule has 22 heavy (non-hydrogen) atoms. The van der Waals surface area contributed by atoms with Gasteiger partial charge in [0.2, 0.25) is 0 Å². The first-order chi connectivity index (χ1) is 10.7. The van der Waals surface area contributed by atoms with Gasteiger partial charge in [-0.25, -0.2) is 4.79 Å². The summed E-state index contributed by atoms with van der Waals surface area (Å²) >= 11 is 0. The smallest absolute Gasteiger partial charge is 0.323 e. The molecule has 2 amide bonds. The van der Waals surface area contributed by atoms with Gasteiger partial charge < -0.3 is 9.80 Å². The van der Waals surface area contributed by atoms with Crippen molar-refractivity contribution in [2.45, 2.75) is 6.42 Å². The molecule has 3 heteroatoms. The number of urea groups is 1. The monoisotopic (exact) mass is 292 g/mol. The fourth-order valence-electron chi connectivity index (χ4n) is 2.91. The molecule has 0 N–H and O–H groups in total. The van der Waals surface area contributed by atoms with Gasteiger partial charge in [0.05, 0.1) is 0 Å². The zero-order valence-corrected chi connectivity index (χ0v) is 13.0. The van der Waals surface area contributed by atoms with Crippen molar-refractivity contribution >= 4 is 11.6 Å². The maximum absolute atomic E-state index is 12.3. The number of carbonyl (C=O) groups excluding carboxylic acids is 1. The van der Waals surface area contributed by atoms with Crippen LogP contribution in [0.3, 0.4) is 0 Å². The van der Waals surface area contributed by atoms with E-state index in [9.17, 15) is 4.79 Å². The zero-order chi connectivity index (χ0) is 15.5. The first-order valence-corrected chi connectivity index (χ1v) is 7.51. The van der Waals surface area contributed by atoms with Crippen molar-refractivity contribution in [2.24, 2.45) is 0 Å². The highest BCUT2D eigenvalue weighted by Gasteiger charge is 2.27. The lowest BCUT2D eigenvalue weighted by Crippen LogP contribution is -2.44. The third-order valence-electron chi connectivity index (χ3n) is 4.12. The van der Waals surface area contributed by atoms with E-state index in [1.807, 2.05) is 50.5 Å². The summed E-state index contributed by atoms with van der Waals surface area (Å²) in [4.78, 5) is 15.9. The predicted molar refractivity (Wildman–Crippen MR) is 89.3 cm³/mol. The molecule has 112 valence electrons. The van der Waals surface area contributed by atoms with Crippen molar-refractivity contribution in [3.8, 4) is 0 Å². The first-order valence-electron chi connectivity index (χ1n) is 7.51. The van der Waals surface area contributed by atoms with E-state index in [4.69, 9.17) is 0 Å². The quantitative estimate of drug-likeness (QED) is 0.825. The molecule has 1 aliphatic rings. The lowest BCUT2D eigenvalue weighted by atomic mass is 9.93. The molecule has 0 atom stereocenters. The molecule has 1 heterocycles. The molecule has 0 bridgehead atoms. The second-order valence-electron chi connectivity index (χ2n) is 5.57. The van der Waals surface area contributed by atoms with Crippen LogP contribution in [0.4, 0.5) is 4.79 Å². The third kappa shape index (κ3) is 2.62. The average molecular weight is 292 g/mol. The molecule has 2 aromatic rings. The van der Waals surface area contributed by atoms with Gasteiger partial charge >= 0.3 is 6.03 Å². The SMILES string of the molecule is CN1CCC(=C(c2ccccc2)c2ccccc2)N(C)C1=O. The van der Waals surface area contributed by atoms with Crippen LogP contribution < -0.4 is 0 Å². The molecular weight excluding hydrogens is 272 g/mol. The Kier molecular flexibility index (Phi) is 3.96. The molecule has 1 fully saturated rings. The van der Waals surface area contributed by atoms with E-state index in [0.29, 0.717) is 0 Å². The number of amides is 2. The van der Waals surface area contributed by atoms with Crippen LogP contribution in [0.2, 0.25) is 0 Å². The second-order valence-corrected chi connectivity index (χ2v) is 5.57. The molecule has 2 aromatic carbocycles. The Hall–Kier alpha value is -2.55. The lowest BCUT2D eigenvalue weighted by Gasteiger charge is -2.34. The van der Waals surface area contributed by atoms with Crippen molar-refractivity contribution in [2.75, 3.05) is 20.6 Å². The lowest BCUT2D eigenvalue weighted by molar-refractivity contribution is 0.170. The summed E-state index contributed by atoms with van der Waals surface area (Å²) in [5, 5.41) is 0. The Morgan fingerprint density at radius 1 is 0.864 bits per heavy atom. The van der Waals surface area contributed by atoms with Gasteiger partial charge in [0.1, 0.15) is 0 Å². The Morgan fingerprint density at radius 2 is 1.36 bits per heavy atom. The third-order valence-corrected chi connectivity index (χ3v) is 4.12. The van der Waals surface area contributed by atoms with E-state index >= 15 is 0 Å². The van der Waals surface area contributed by atoms with Crippen LogP contribution in [-0.4, -0.2) is 36.5 Å². The van der Waals surface area contributed by atoms with Crippen molar-refractivity contribution in [3.05, 3.63) is 77.5 Å². The van der Waals surface area contributed by atoms with Gasteiger partial charge in [-0.15, -0.1) is 0 Å².